The van der Waals surface area contributed by atoms with Crippen molar-refractivity contribution < 1.29 is 9.47 Å². The maximum absolute atomic E-state index is 5.95. The van der Waals surface area contributed by atoms with Crippen LogP contribution in [0.2, 0.25) is 0 Å². The highest BCUT2D eigenvalue weighted by molar-refractivity contribution is 5.43. The average Bonchev–Trinajstić information content (AvgIpc) is 2.85. The quantitative estimate of drug-likeness (QED) is 0.423. The Morgan fingerprint density at radius 2 is 1.61 bits per heavy atom. The molecule has 0 amide bonds. The van der Waals surface area contributed by atoms with Crippen LogP contribution in [0.25, 0.3) is 0 Å². The third kappa shape index (κ3) is 5.47. The molecule has 31 heavy (non-hydrogen) atoms. The summed E-state index contributed by atoms with van der Waals surface area (Å²) < 4.78 is 11.5. The van der Waals surface area contributed by atoms with Gasteiger partial charge in [-0.1, -0.05) is 42.5 Å². The van der Waals surface area contributed by atoms with E-state index in [1.54, 1.807) is 19.5 Å². The van der Waals surface area contributed by atoms with E-state index in [2.05, 4.69) is 33.5 Å². The van der Waals surface area contributed by atoms with E-state index in [0.29, 0.717) is 24.7 Å². The van der Waals surface area contributed by atoms with Crippen molar-refractivity contribution in [2.24, 2.45) is 0 Å². The molecule has 0 aliphatic heterocycles. The summed E-state index contributed by atoms with van der Waals surface area (Å²) in [6, 6.07) is 26.2. The van der Waals surface area contributed by atoms with Gasteiger partial charge in [-0.2, -0.15) is 0 Å². The second-order valence-corrected chi connectivity index (χ2v) is 7.11. The molecule has 0 radical (unpaired) electrons. The summed E-state index contributed by atoms with van der Waals surface area (Å²) >= 11 is 0. The van der Waals surface area contributed by atoms with Gasteiger partial charge in [0.1, 0.15) is 6.61 Å². The van der Waals surface area contributed by atoms with Gasteiger partial charge in [-0.05, 0) is 53.1 Å². The molecular formula is C26H25N3O2. The summed E-state index contributed by atoms with van der Waals surface area (Å²) in [7, 11) is 1.66. The summed E-state index contributed by atoms with van der Waals surface area (Å²) in [6.07, 6.45) is 5.34. The SMILES string of the molecule is COc1cc(CN[C@@H](c2ccccc2)c2ccccn2)ccc1OCc1ccncc1. The molecule has 0 spiro atoms. The van der Waals surface area contributed by atoms with Gasteiger partial charge in [-0.3, -0.25) is 9.97 Å². The molecule has 156 valence electrons. The minimum Gasteiger partial charge on any atom is -0.493 e. The fourth-order valence-electron chi connectivity index (χ4n) is 3.39. The summed E-state index contributed by atoms with van der Waals surface area (Å²) in [6.45, 7) is 1.13. The third-order valence-electron chi connectivity index (χ3n) is 5.00. The Bertz CT molecular complexity index is 1030. The predicted molar refractivity (Wildman–Crippen MR) is 121 cm³/mol. The molecule has 2 heterocycles. The molecule has 0 aliphatic rings. The van der Waals surface area contributed by atoms with E-state index < -0.39 is 0 Å². The topological polar surface area (TPSA) is 56.3 Å². The van der Waals surface area contributed by atoms with Crippen LogP contribution in [-0.2, 0) is 13.2 Å². The van der Waals surface area contributed by atoms with Crippen molar-refractivity contribution in [3.05, 3.63) is 120 Å². The molecule has 0 fully saturated rings. The van der Waals surface area contributed by atoms with Crippen molar-refractivity contribution in [2.75, 3.05) is 7.11 Å². The monoisotopic (exact) mass is 411 g/mol. The van der Waals surface area contributed by atoms with Gasteiger partial charge in [-0.15, -0.1) is 0 Å². The number of hydrogen-bond acceptors (Lipinski definition) is 5. The van der Waals surface area contributed by atoms with E-state index in [-0.39, 0.29) is 6.04 Å². The average molecular weight is 412 g/mol. The molecule has 2 aromatic heterocycles. The van der Waals surface area contributed by atoms with Crippen molar-refractivity contribution in [1.82, 2.24) is 15.3 Å². The summed E-state index contributed by atoms with van der Waals surface area (Å²) in [5.41, 5.74) is 4.32. The van der Waals surface area contributed by atoms with E-state index in [1.165, 1.54) is 5.56 Å². The van der Waals surface area contributed by atoms with Crippen LogP contribution in [0, 0.1) is 0 Å². The van der Waals surface area contributed by atoms with Crippen molar-refractivity contribution in [1.29, 1.82) is 0 Å². The first-order valence-electron chi connectivity index (χ1n) is 10.2. The van der Waals surface area contributed by atoms with E-state index >= 15 is 0 Å². The Hall–Kier alpha value is -3.70. The number of aromatic nitrogens is 2. The first-order valence-corrected chi connectivity index (χ1v) is 10.2. The largest absolute Gasteiger partial charge is 0.493 e. The molecule has 1 atom stereocenters. The number of ether oxygens (including phenoxy) is 2. The van der Waals surface area contributed by atoms with Crippen molar-refractivity contribution >= 4 is 0 Å². The van der Waals surface area contributed by atoms with Crippen LogP contribution in [0.4, 0.5) is 0 Å². The van der Waals surface area contributed by atoms with E-state index in [0.717, 1.165) is 16.8 Å². The molecule has 0 unspecified atom stereocenters. The number of hydrogen-bond donors (Lipinski definition) is 1. The predicted octanol–water partition coefficient (Wildman–Crippen LogP) is 4.94. The number of nitrogens with one attached hydrogen (secondary N) is 1. The zero-order valence-corrected chi connectivity index (χ0v) is 17.4. The van der Waals surface area contributed by atoms with Gasteiger partial charge >= 0.3 is 0 Å². The lowest BCUT2D eigenvalue weighted by molar-refractivity contribution is 0.284. The fourth-order valence-corrected chi connectivity index (χ4v) is 3.39. The Balaban J connectivity index is 1.47. The third-order valence-corrected chi connectivity index (χ3v) is 5.00. The fraction of sp³-hybridized carbons (Fsp3) is 0.154. The molecule has 1 N–H and O–H groups in total. The standard InChI is InChI=1S/C26H25N3O2/c1-30-25-17-21(10-11-24(25)31-19-20-12-15-27-16-13-20)18-29-26(22-7-3-2-4-8-22)23-9-5-6-14-28-23/h2-17,26,29H,18-19H2,1H3/t26-/m0/s1. The highest BCUT2D eigenvalue weighted by atomic mass is 16.5. The second kappa shape index (κ2) is 10.4. The number of benzene rings is 2. The molecule has 5 heteroatoms. The Labute approximate surface area is 182 Å². The minimum absolute atomic E-state index is 0.00369. The number of rotatable bonds is 9. The zero-order chi connectivity index (χ0) is 21.3. The van der Waals surface area contributed by atoms with Gasteiger partial charge in [0.05, 0.1) is 18.8 Å². The first kappa shape index (κ1) is 20.6. The van der Waals surface area contributed by atoms with Crippen LogP contribution in [0.1, 0.15) is 28.4 Å². The number of methoxy groups -OCH3 is 1. The highest BCUT2D eigenvalue weighted by Crippen LogP contribution is 2.29. The molecule has 2 aromatic carbocycles. The molecular weight excluding hydrogens is 386 g/mol. The van der Waals surface area contributed by atoms with Gasteiger partial charge in [0.25, 0.3) is 0 Å². The van der Waals surface area contributed by atoms with Crippen LogP contribution in [0.5, 0.6) is 11.5 Å². The maximum Gasteiger partial charge on any atom is 0.161 e. The van der Waals surface area contributed by atoms with Gasteiger partial charge < -0.3 is 14.8 Å². The normalized spacial score (nSPS) is 11.6. The van der Waals surface area contributed by atoms with E-state index in [9.17, 15) is 0 Å². The maximum atomic E-state index is 5.95. The summed E-state index contributed by atoms with van der Waals surface area (Å²) in [4.78, 5) is 8.59. The van der Waals surface area contributed by atoms with Gasteiger partial charge in [-0.25, -0.2) is 0 Å². The lowest BCUT2D eigenvalue weighted by Gasteiger charge is -2.19. The Morgan fingerprint density at radius 1 is 0.806 bits per heavy atom. The van der Waals surface area contributed by atoms with Gasteiger partial charge in [0.15, 0.2) is 11.5 Å². The highest BCUT2D eigenvalue weighted by Gasteiger charge is 2.15. The number of pyridine rings is 2. The first-order chi connectivity index (χ1) is 15.3. The van der Waals surface area contributed by atoms with Crippen LogP contribution >= 0.6 is 0 Å². The molecule has 0 saturated carbocycles. The van der Waals surface area contributed by atoms with Crippen molar-refractivity contribution in [3.8, 4) is 11.5 Å². The van der Waals surface area contributed by atoms with Crippen molar-refractivity contribution in [3.63, 3.8) is 0 Å². The summed E-state index contributed by atoms with van der Waals surface area (Å²) in [5.74, 6) is 1.43. The lowest BCUT2D eigenvalue weighted by atomic mass is 10.0. The minimum atomic E-state index is -0.00369. The molecule has 4 rings (SSSR count). The van der Waals surface area contributed by atoms with E-state index in [1.807, 2.05) is 66.9 Å². The van der Waals surface area contributed by atoms with Crippen LogP contribution < -0.4 is 14.8 Å². The Morgan fingerprint density at radius 3 is 2.35 bits per heavy atom. The van der Waals surface area contributed by atoms with E-state index in [4.69, 9.17) is 9.47 Å². The van der Waals surface area contributed by atoms with Crippen LogP contribution in [0.3, 0.4) is 0 Å². The van der Waals surface area contributed by atoms with Crippen LogP contribution in [-0.4, -0.2) is 17.1 Å². The molecule has 0 aliphatic carbocycles. The van der Waals surface area contributed by atoms with Crippen LogP contribution in [0.15, 0.2) is 97.5 Å². The van der Waals surface area contributed by atoms with Gasteiger partial charge in [0.2, 0.25) is 0 Å². The molecule has 0 saturated heterocycles. The molecule has 0 bridgehead atoms. The second-order valence-electron chi connectivity index (χ2n) is 7.11. The lowest BCUT2D eigenvalue weighted by Crippen LogP contribution is -2.23. The Kier molecular flexibility index (Phi) is 6.88. The molecule has 5 nitrogen and oxygen atoms in total. The summed E-state index contributed by atoms with van der Waals surface area (Å²) in [5, 5.41) is 3.63. The van der Waals surface area contributed by atoms with Gasteiger partial charge in [0, 0.05) is 25.1 Å². The zero-order valence-electron chi connectivity index (χ0n) is 17.4. The number of nitrogens with zero attached hydrogens (tertiary/aromatic N) is 2. The molecule has 4 aromatic rings. The smallest absolute Gasteiger partial charge is 0.161 e. The van der Waals surface area contributed by atoms with Crippen molar-refractivity contribution in [2.45, 2.75) is 19.2 Å².